The molecule has 0 aliphatic carbocycles. The number of ether oxygens (including phenoxy) is 2. The molecule has 0 spiro atoms. The molecule has 2 N–H and O–H groups in total. The summed E-state index contributed by atoms with van der Waals surface area (Å²) in [5, 5.41) is 11.6. The number of rotatable bonds is 6. The summed E-state index contributed by atoms with van der Waals surface area (Å²) >= 11 is 6.16. The second-order valence-electron chi connectivity index (χ2n) is 8.09. The number of fused-ring (bicyclic) bond motifs is 1. The van der Waals surface area contributed by atoms with Gasteiger partial charge in [0.05, 0.1) is 31.7 Å². The normalized spacial score (nSPS) is 14.6. The molecule has 1 unspecified atom stereocenters. The molecular weight excluding hydrogens is 480 g/mol. The number of anilines is 2. The summed E-state index contributed by atoms with van der Waals surface area (Å²) in [6.07, 6.45) is 3.24. The highest BCUT2D eigenvalue weighted by molar-refractivity contribution is 6.30. The Morgan fingerprint density at radius 3 is 2.56 bits per heavy atom. The molecule has 0 saturated carbocycles. The molecule has 0 fully saturated rings. The fourth-order valence-electron chi connectivity index (χ4n) is 4.13. The molecule has 10 heteroatoms. The molecule has 0 radical (unpaired) electrons. The number of hydrogen-bond donors (Lipinski definition) is 2. The summed E-state index contributed by atoms with van der Waals surface area (Å²) in [4.78, 5) is 22.3. The molecule has 3 heterocycles. The van der Waals surface area contributed by atoms with Gasteiger partial charge < -0.3 is 20.1 Å². The summed E-state index contributed by atoms with van der Waals surface area (Å²) in [7, 11) is 3.16. The molecule has 1 amide bonds. The van der Waals surface area contributed by atoms with Crippen molar-refractivity contribution in [3.8, 4) is 22.9 Å². The van der Waals surface area contributed by atoms with Gasteiger partial charge in [-0.1, -0.05) is 23.7 Å². The first-order valence-corrected chi connectivity index (χ1v) is 11.5. The first-order chi connectivity index (χ1) is 17.5. The third kappa shape index (κ3) is 4.36. The molecular formula is C26H23ClN6O3. The maximum Gasteiger partial charge on any atom is 0.255 e. The van der Waals surface area contributed by atoms with Crippen LogP contribution in [0.2, 0.25) is 5.02 Å². The van der Waals surface area contributed by atoms with Crippen molar-refractivity contribution in [1.82, 2.24) is 19.7 Å². The van der Waals surface area contributed by atoms with E-state index < -0.39 is 6.04 Å². The zero-order chi connectivity index (χ0) is 25.2. The van der Waals surface area contributed by atoms with Gasteiger partial charge in [0, 0.05) is 22.5 Å². The summed E-state index contributed by atoms with van der Waals surface area (Å²) < 4.78 is 12.5. The van der Waals surface area contributed by atoms with Gasteiger partial charge in [-0.15, -0.1) is 5.10 Å². The number of hydrogen-bond acceptors (Lipinski definition) is 7. The second-order valence-corrected chi connectivity index (χ2v) is 8.52. The van der Waals surface area contributed by atoms with E-state index in [1.807, 2.05) is 31.2 Å². The standard InChI is InChI=1S/C26H23ClN6O3/c1-15-22(25(34)30-19-5-4-12-28-14-19)23(16-6-9-18(27)10-7-16)33-26(29-15)31-24(32-33)17-8-11-20(35-2)21(13-17)36-3/h4-14,23H,1-3H3,(H,30,34)(H,29,31,32). The lowest BCUT2D eigenvalue weighted by atomic mass is 9.95. The van der Waals surface area contributed by atoms with Crippen LogP contribution in [-0.2, 0) is 4.79 Å². The molecule has 0 bridgehead atoms. The Balaban J connectivity index is 1.59. The largest absolute Gasteiger partial charge is 0.493 e. The van der Waals surface area contributed by atoms with Crippen molar-refractivity contribution in [2.45, 2.75) is 13.0 Å². The van der Waals surface area contributed by atoms with Gasteiger partial charge in [-0.2, -0.15) is 4.98 Å². The van der Waals surface area contributed by atoms with Gasteiger partial charge in [-0.3, -0.25) is 9.78 Å². The highest BCUT2D eigenvalue weighted by Gasteiger charge is 2.34. The number of aromatic nitrogens is 4. The fraction of sp³-hybridized carbons (Fsp3) is 0.154. The Bertz CT molecular complexity index is 1450. The van der Waals surface area contributed by atoms with E-state index in [2.05, 4.69) is 15.6 Å². The van der Waals surface area contributed by atoms with Crippen LogP contribution in [0.15, 0.2) is 78.3 Å². The average molecular weight is 503 g/mol. The zero-order valence-corrected chi connectivity index (χ0v) is 20.6. The maximum atomic E-state index is 13.5. The minimum atomic E-state index is -0.545. The van der Waals surface area contributed by atoms with Crippen LogP contribution < -0.4 is 20.1 Å². The van der Waals surface area contributed by atoms with Gasteiger partial charge in [0.1, 0.15) is 6.04 Å². The summed E-state index contributed by atoms with van der Waals surface area (Å²) in [5.74, 6) is 1.88. The second kappa shape index (κ2) is 9.71. The number of carbonyl (C=O) groups excluding carboxylic acids is 1. The van der Waals surface area contributed by atoms with E-state index in [9.17, 15) is 4.79 Å². The van der Waals surface area contributed by atoms with Crippen LogP contribution in [0.3, 0.4) is 0 Å². The van der Waals surface area contributed by atoms with Crippen molar-refractivity contribution >= 4 is 29.1 Å². The van der Waals surface area contributed by atoms with Gasteiger partial charge >= 0.3 is 0 Å². The summed E-state index contributed by atoms with van der Waals surface area (Å²) in [5.41, 5.74) is 3.33. The SMILES string of the molecule is COc1ccc(-c2nc3n(n2)C(c2ccc(Cl)cc2)C(C(=O)Nc2cccnc2)=C(C)N3)cc1OC. The van der Waals surface area contributed by atoms with Crippen LogP contribution in [0.5, 0.6) is 11.5 Å². The maximum absolute atomic E-state index is 13.5. The van der Waals surface area contributed by atoms with Crippen LogP contribution in [0.1, 0.15) is 18.5 Å². The number of nitrogens with one attached hydrogen (secondary N) is 2. The summed E-state index contributed by atoms with van der Waals surface area (Å²) in [6, 6.07) is 15.8. The van der Waals surface area contributed by atoms with Crippen molar-refractivity contribution < 1.29 is 14.3 Å². The smallest absolute Gasteiger partial charge is 0.255 e. The zero-order valence-electron chi connectivity index (χ0n) is 19.8. The van der Waals surface area contributed by atoms with E-state index in [-0.39, 0.29) is 5.91 Å². The molecule has 182 valence electrons. The van der Waals surface area contributed by atoms with Crippen molar-refractivity contribution in [1.29, 1.82) is 0 Å². The molecule has 1 aliphatic rings. The van der Waals surface area contributed by atoms with E-state index in [4.69, 9.17) is 31.2 Å². The van der Waals surface area contributed by atoms with Gasteiger partial charge in [0.2, 0.25) is 5.95 Å². The van der Waals surface area contributed by atoms with Gasteiger partial charge in [-0.25, -0.2) is 4.68 Å². The van der Waals surface area contributed by atoms with Crippen molar-refractivity contribution in [2.24, 2.45) is 0 Å². The van der Waals surface area contributed by atoms with Gasteiger partial charge in [0.25, 0.3) is 5.91 Å². The number of halogens is 1. The monoisotopic (exact) mass is 502 g/mol. The third-order valence-corrected chi connectivity index (χ3v) is 6.10. The lowest BCUT2D eigenvalue weighted by molar-refractivity contribution is -0.113. The number of allylic oxidation sites excluding steroid dienone is 1. The molecule has 9 nitrogen and oxygen atoms in total. The number of nitrogens with zero attached hydrogens (tertiary/aromatic N) is 4. The highest BCUT2D eigenvalue weighted by Crippen LogP contribution is 2.38. The predicted octanol–water partition coefficient (Wildman–Crippen LogP) is 4.94. The lowest BCUT2D eigenvalue weighted by Crippen LogP contribution is -2.31. The van der Waals surface area contributed by atoms with Crippen LogP contribution in [0, 0.1) is 0 Å². The fourth-order valence-corrected chi connectivity index (χ4v) is 4.26. The molecule has 2 aromatic heterocycles. The molecule has 2 aromatic carbocycles. The molecule has 36 heavy (non-hydrogen) atoms. The number of benzene rings is 2. The molecule has 5 rings (SSSR count). The number of carbonyl (C=O) groups is 1. The number of pyridine rings is 1. The Hall–Kier alpha value is -4.37. The van der Waals surface area contributed by atoms with Crippen LogP contribution >= 0.6 is 11.6 Å². The van der Waals surface area contributed by atoms with Crippen LogP contribution in [0.4, 0.5) is 11.6 Å². The topological polar surface area (TPSA) is 103 Å². The van der Waals surface area contributed by atoms with E-state index >= 15 is 0 Å². The number of methoxy groups -OCH3 is 2. The first-order valence-electron chi connectivity index (χ1n) is 11.1. The Morgan fingerprint density at radius 1 is 1.08 bits per heavy atom. The van der Waals surface area contributed by atoms with E-state index in [0.717, 1.165) is 11.1 Å². The third-order valence-electron chi connectivity index (χ3n) is 5.84. The molecule has 0 saturated heterocycles. The van der Waals surface area contributed by atoms with Gasteiger partial charge in [-0.05, 0) is 55.0 Å². The Morgan fingerprint density at radius 2 is 1.86 bits per heavy atom. The van der Waals surface area contributed by atoms with E-state index in [1.54, 1.807) is 61.6 Å². The molecule has 4 aromatic rings. The molecule has 1 aliphatic heterocycles. The highest BCUT2D eigenvalue weighted by atomic mass is 35.5. The summed E-state index contributed by atoms with van der Waals surface area (Å²) in [6.45, 7) is 1.84. The predicted molar refractivity (Wildman–Crippen MR) is 137 cm³/mol. The molecule has 1 atom stereocenters. The average Bonchev–Trinajstić information content (AvgIpc) is 3.32. The minimum Gasteiger partial charge on any atom is -0.493 e. The van der Waals surface area contributed by atoms with Crippen molar-refractivity contribution in [2.75, 3.05) is 24.9 Å². The Kier molecular flexibility index (Phi) is 6.30. The van der Waals surface area contributed by atoms with Crippen molar-refractivity contribution in [3.05, 3.63) is 88.8 Å². The van der Waals surface area contributed by atoms with Crippen LogP contribution in [0.25, 0.3) is 11.4 Å². The lowest BCUT2D eigenvalue weighted by Gasteiger charge is -2.28. The first kappa shape index (κ1) is 23.4. The van der Waals surface area contributed by atoms with Crippen molar-refractivity contribution in [3.63, 3.8) is 0 Å². The quantitative estimate of drug-likeness (QED) is 0.385. The van der Waals surface area contributed by atoms with Crippen LogP contribution in [-0.4, -0.2) is 39.9 Å². The van der Waals surface area contributed by atoms with Gasteiger partial charge in [0.15, 0.2) is 17.3 Å². The minimum absolute atomic E-state index is 0.276. The van der Waals surface area contributed by atoms with E-state index in [0.29, 0.717) is 45.3 Å². The van der Waals surface area contributed by atoms with E-state index in [1.165, 1.54) is 0 Å². The Labute approximate surface area is 212 Å². The number of amides is 1.